The van der Waals surface area contributed by atoms with E-state index in [4.69, 9.17) is 14.3 Å². The van der Waals surface area contributed by atoms with Gasteiger partial charge in [0.15, 0.2) is 5.96 Å². The van der Waals surface area contributed by atoms with E-state index in [0.717, 1.165) is 61.1 Å². The fraction of sp³-hybridized carbons (Fsp3) is 0.545. The highest BCUT2D eigenvalue weighted by molar-refractivity contribution is 5.79. The molecule has 0 spiro atoms. The van der Waals surface area contributed by atoms with Crippen molar-refractivity contribution in [1.82, 2.24) is 15.8 Å². The molecule has 2 rings (SSSR count). The standard InChI is InChI=1S/C22H34N4O2/c1-6-20-19(21(7-2)28-26-20)15-25-22(23-8-3)24-14-13-17-9-11-18(12-10-17)27-16(4)5/h9-12,16H,6-8,13-15H2,1-5H3,(H2,23,24,25). The van der Waals surface area contributed by atoms with Crippen LogP contribution in [0, 0.1) is 0 Å². The minimum Gasteiger partial charge on any atom is -0.491 e. The van der Waals surface area contributed by atoms with E-state index in [9.17, 15) is 0 Å². The normalized spacial score (nSPS) is 11.7. The molecule has 0 bridgehead atoms. The maximum atomic E-state index is 5.69. The lowest BCUT2D eigenvalue weighted by atomic mass is 10.1. The van der Waals surface area contributed by atoms with Crippen LogP contribution in [-0.2, 0) is 25.8 Å². The first-order valence-corrected chi connectivity index (χ1v) is 10.3. The van der Waals surface area contributed by atoms with Gasteiger partial charge in [0, 0.05) is 25.1 Å². The third kappa shape index (κ3) is 6.59. The van der Waals surface area contributed by atoms with E-state index in [1.807, 2.05) is 26.0 Å². The zero-order valence-corrected chi connectivity index (χ0v) is 17.8. The number of aryl methyl sites for hydroxylation is 2. The molecule has 0 atom stereocenters. The van der Waals surface area contributed by atoms with Crippen LogP contribution >= 0.6 is 0 Å². The summed E-state index contributed by atoms with van der Waals surface area (Å²) in [5.74, 6) is 2.65. The third-order valence-corrected chi connectivity index (χ3v) is 4.35. The summed E-state index contributed by atoms with van der Waals surface area (Å²) in [6.45, 7) is 12.5. The van der Waals surface area contributed by atoms with Crippen molar-refractivity contribution in [3.8, 4) is 5.75 Å². The van der Waals surface area contributed by atoms with Gasteiger partial charge in [-0.2, -0.15) is 0 Å². The van der Waals surface area contributed by atoms with E-state index >= 15 is 0 Å². The van der Waals surface area contributed by atoms with Crippen LogP contribution in [0.25, 0.3) is 0 Å². The Morgan fingerprint density at radius 1 is 1.11 bits per heavy atom. The molecule has 0 amide bonds. The average molecular weight is 387 g/mol. The molecule has 0 fully saturated rings. The van der Waals surface area contributed by atoms with Gasteiger partial charge in [-0.05, 0) is 51.3 Å². The summed E-state index contributed by atoms with van der Waals surface area (Å²) in [4.78, 5) is 4.73. The van der Waals surface area contributed by atoms with Crippen LogP contribution in [0.5, 0.6) is 5.75 Å². The van der Waals surface area contributed by atoms with Crippen molar-refractivity contribution >= 4 is 5.96 Å². The van der Waals surface area contributed by atoms with E-state index in [0.29, 0.717) is 6.54 Å². The van der Waals surface area contributed by atoms with Crippen molar-refractivity contribution in [2.75, 3.05) is 13.1 Å². The molecule has 0 unspecified atom stereocenters. The topological polar surface area (TPSA) is 71.7 Å². The van der Waals surface area contributed by atoms with Gasteiger partial charge in [0.2, 0.25) is 0 Å². The number of aliphatic imine (C=N–C) groups is 1. The highest BCUT2D eigenvalue weighted by Crippen LogP contribution is 2.17. The molecule has 28 heavy (non-hydrogen) atoms. The Bertz CT molecular complexity index is 714. The molecule has 0 aliphatic heterocycles. The van der Waals surface area contributed by atoms with Gasteiger partial charge < -0.3 is 19.9 Å². The van der Waals surface area contributed by atoms with Gasteiger partial charge in [-0.3, -0.25) is 0 Å². The van der Waals surface area contributed by atoms with E-state index in [1.54, 1.807) is 0 Å². The molecular weight excluding hydrogens is 352 g/mol. The molecule has 1 aromatic carbocycles. The Kier molecular flexibility index (Phi) is 8.85. The first kappa shape index (κ1) is 21.8. The highest BCUT2D eigenvalue weighted by atomic mass is 16.5. The van der Waals surface area contributed by atoms with Crippen molar-refractivity contribution in [2.24, 2.45) is 4.99 Å². The first-order chi connectivity index (χ1) is 13.6. The largest absolute Gasteiger partial charge is 0.491 e. The Morgan fingerprint density at radius 3 is 2.46 bits per heavy atom. The summed E-state index contributed by atoms with van der Waals surface area (Å²) in [5, 5.41) is 10.9. The summed E-state index contributed by atoms with van der Waals surface area (Å²) in [6, 6.07) is 8.28. The lowest BCUT2D eigenvalue weighted by Crippen LogP contribution is -2.38. The average Bonchev–Trinajstić information content (AvgIpc) is 3.09. The van der Waals surface area contributed by atoms with Crippen LogP contribution in [0.3, 0.4) is 0 Å². The molecule has 0 radical (unpaired) electrons. The number of ether oxygens (including phenoxy) is 1. The summed E-state index contributed by atoms with van der Waals surface area (Å²) >= 11 is 0. The summed E-state index contributed by atoms with van der Waals surface area (Å²) in [7, 11) is 0. The van der Waals surface area contributed by atoms with Gasteiger partial charge in [0.05, 0.1) is 18.3 Å². The number of nitrogens with one attached hydrogen (secondary N) is 2. The van der Waals surface area contributed by atoms with Gasteiger partial charge in [0.1, 0.15) is 11.5 Å². The number of aromatic nitrogens is 1. The predicted octanol–water partition coefficient (Wildman–Crippen LogP) is 3.88. The molecule has 6 nitrogen and oxygen atoms in total. The highest BCUT2D eigenvalue weighted by Gasteiger charge is 2.13. The van der Waals surface area contributed by atoms with E-state index in [2.05, 4.69) is 48.7 Å². The van der Waals surface area contributed by atoms with Crippen LogP contribution in [0.4, 0.5) is 0 Å². The van der Waals surface area contributed by atoms with Crippen LogP contribution in [0.15, 0.2) is 33.8 Å². The van der Waals surface area contributed by atoms with Crippen LogP contribution in [0.1, 0.15) is 57.2 Å². The fourth-order valence-electron chi connectivity index (χ4n) is 2.95. The Morgan fingerprint density at radius 2 is 1.86 bits per heavy atom. The van der Waals surface area contributed by atoms with Crippen molar-refractivity contribution in [3.63, 3.8) is 0 Å². The molecule has 6 heteroatoms. The minimum atomic E-state index is 0.193. The van der Waals surface area contributed by atoms with Crippen LogP contribution in [-0.4, -0.2) is 30.3 Å². The SMILES string of the molecule is CCNC(=NCc1c(CC)noc1CC)NCCc1ccc(OC(C)C)cc1. The maximum absolute atomic E-state index is 5.69. The lowest BCUT2D eigenvalue weighted by molar-refractivity contribution is 0.242. The molecule has 0 aliphatic carbocycles. The molecule has 0 saturated carbocycles. The summed E-state index contributed by atoms with van der Waals surface area (Å²) in [5.41, 5.74) is 3.38. The van der Waals surface area contributed by atoms with E-state index in [-0.39, 0.29) is 6.10 Å². The van der Waals surface area contributed by atoms with Gasteiger partial charge >= 0.3 is 0 Å². The number of nitrogens with zero attached hydrogens (tertiary/aromatic N) is 2. The third-order valence-electron chi connectivity index (χ3n) is 4.35. The smallest absolute Gasteiger partial charge is 0.191 e. The van der Waals surface area contributed by atoms with Crippen LogP contribution in [0.2, 0.25) is 0 Å². The minimum absolute atomic E-state index is 0.193. The van der Waals surface area contributed by atoms with Crippen molar-refractivity contribution in [1.29, 1.82) is 0 Å². The second-order valence-electron chi connectivity index (χ2n) is 6.92. The van der Waals surface area contributed by atoms with Gasteiger partial charge in [-0.15, -0.1) is 0 Å². The number of hydrogen-bond acceptors (Lipinski definition) is 4. The molecule has 1 heterocycles. The van der Waals surface area contributed by atoms with Gasteiger partial charge in [0.25, 0.3) is 0 Å². The lowest BCUT2D eigenvalue weighted by Gasteiger charge is -2.12. The number of guanidine groups is 1. The fourth-order valence-corrected chi connectivity index (χ4v) is 2.95. The molecular formula is C22H34N4O2. The second kappa shape index (κ2) is 11.4. The van der Waals surface area contributed by atoms with Crippen molar-refractivity contribution < 1.29 is 9.26 Å². The second-order valence-corrected chi connectivity index (χ2v) is 6.92. The van der Waals surface area contributed by atoms with E-state index < -0.39 is 0 Å². The molecule has 2 N–H and O–H groups in total. The molecule has 154 valence electrons. The van der Waals surface area contributed by atoms with Gasteiger partial charge in [-0.1, -0.05) is 31.1 Å². The number of hydrogen-bond donors (Lipinski definition) is 2. The molecule has 2 aromatic rings. The Labute approximate surface area is 168 Å². The maximum Gasteiger partial charge on any atom is 0.191 e. The summed E-state index contributed by atoms with van der Waals surface area (Å²) < 4.78 is 11.1. The number of benzene rings is 1. The first-order valence-electron chi connectivity index (χ1n) is 10.3. The molecule has 1 aromatic heterocycles. The number of rotatable bonds is 10. The van der Waals surface area contributed by atoms with Crippen LogP contribution < -0.4 is 15.4 Å². The molecule has 0 aliphatic rings. The monoisotopic (exact) mass is 386 g/mol. The molecule has 0 saturated heterocycles. The van der Waals surface area contributed by atoms with Gasteiger partial charge in [-0.25, -0.2) is 4.99 Å². The summed E-state index contributed by atoms with van der Waals surface area (Å²) in [6.07, 6.45) is 2.80. The van der Waals surface area contributed by atoms with E-state index in [1.165, 1.54) is 5.56 Å². The quantitative estimate of drug-likeness (QED) is 0.479. The zero-order valence-electron chi connectivity index (χ0n) is 17.8. The Hall–Kier alpha value is -2.50. The zero-order chi connectivity index (χ0) is 20.4. The Balaban J connectivity index is 1.92. The predicted molar refractivity (Wildman–Crippen MR) is 114 cm³/mol. The van der Waals surface area contributed by atoms with Crippen molar-refractivity contribution in [2.45, 2.75) is 66.5 Å². The van der Waals surface area contributed by atoms with Crippen molar-refractivity contribution in [3.05, 3.63) is 46.8 Å².